The first kappa shape index (κ1) is 8.21. The first-order valence-corrected chi connectivity index (χ1v) is 2.56. The van der Waals surface area contributed by atoms with E-state index in [1.165, 1.54) is 0 Å². The molecule has 1 heterocycles. The van der Waals surface area contributed by atoms with E-state index in [2.05, 4.69) is 5.32 Å². The maximum atomic E-state index is 8.91. The van der Waals surface area contributed by atoms with E-state index in [-0.39, 0.29) is 24.0 Å². The highest BCUT2D eigenvalue weighted by Crippen LogP contribution is 2.16. The molecule has 1 saturated heterocycles. The number of hydrogen-bond acceptors (Lipinski definition) is 2. The van der Waals surface area contributed by atoms with Gasteiger partial charge in [0, 0.05) is 12.1 Å². The van der Waals surface area contributed by atoms with Gasteiger partial charge in [-0.2, -0.15) is 0 Å². The second-order valence-corrected chi connectivity index (χ2v) is 2.62. The summed E-state index contributed by atoms with van der Waals surface area (Å²) in [5, 5.41) is 12.0. The molecule has 0 amide bonds. The lowest BCUT2D eigenvalue weighted by Gasteiger charge is -2.42. The van der Waals surface area contributed by atoms with Crippen LogP contribution in [0.5, 0.6) is 0 Å². The van der Waals surface area contributed by atoms with Crippen molar-refractivity contribution in [1.29, 1.82) is 0 Å². The first-order valence-electron chi connectivity index (χ1n) is 2.56. The van der Waals surface area contributed by atoms with Gasteiger partial charge in [0.1, 0.15) is 0 Å². The van der Waals surface area contributed by atoms with Crippen LogP contribution < -0.4 is 5.32 Å². The molecule has 0 spiro atoms. The molecule has 0 aromatic heterocycles. The highest BCUT2D eigenvalue weighted by Gasteiger charge is 2.35. The summed E-state index contributed by atoms with van der Waals surface area (Å²) in [6, 6.07) is 0. The Bertz CT molecular complexity index is 84.5. The zero-order chi connectivity index (χ0) is 5.49. The topological polar surface area (TPSA) is 32.3 Å². The van der Waals surface area contributed by atoms with Crippen LogP contribution in [0.3, 0.4) is 0 Å². The smallest absolute Gasteiger partial charge is 0.0840 e. The standard InChI is InChI=1S/C5H11NO.ClH/c1-5(2)4(7)3-6-5;/h4,6-7H,3H2,1-2H3;1H. The van der Waals surface area contributed by atoms with Crippen molar-refractivity contribution in [2.45, 2.75) is 25.5 Å². The third-order valence-electron chi connectivity index (χ3n) is 1.58. The second kappa shape index (κ2) is 2.21. The first-order chi connectivity index (χ1) is 3.13. The van der Waals surface area contributed by atoms with Gasteiger partial charge in [0.15, 0.2) is 0 Å². The molecule has 50 valence electrons. The lowest BCUT2D eigenvalue weighted by Crippen LogP contribution is -2.65. The number of rotatable bonds is 0. The van der Waals surface area contributed by atoms with E-state index >= 15 is 0 Å². The molecule has 0 aromatic carbocycles. The summed E-state index contributed by atoms with van der Waals surface area (Å²) >= 11 is 0. The molecule has 0 aliphatic carbocycles. The predicted molar refractivity (Wildman–Crippen MR) is 35.3 cm³/mol. The number of nitrogens with one attached hydrogen (secondary N) is 1. The van der Waals surface area contributed by atoms with E-state index in [1.54, 1.807) is 0 Å². The quantitative estimate of drug-likeness (QED) is 0.498. The summed E-state index contributed by atoms with van der Waals surface area (Å²) in [7, 11) is 0. The SMILES string of the molecule is CC1(C)NCC1O.Cl. The summed E-state index contributed by atoms with van der Waals surface area (Å²) < 4.78 is 0. The van der Waals surface area contributed by atoms with E-state index in [0.717, 1.165) is 6.54 Å². The maximum Gasteiger partial charge on any atom is 0.0840 e. The van der Waals surface area contributed by atoms with Gasteiger partial charge in [0.25, 0.3) is 0 Å². The van der Waals surface area contributed by atoms with Gasteiger partial charge in [-0.15, -0.1) is 12.4 Å². The van der Waals surface area contributed by atoms with Crippen LogP contribution in [0.4, 0.5) is 0 Å². The van der Waals surface area contributed by atoms with Gasteiger partial charge in [-0.05, 0) is 13.8 Å². The molecule has 0 aromatic rings. The minimum absolute atomic E-state index is 0. The van der Waals surface area contributed by atoms with Crippen molar-refractivity contribution in [3.63, 3.8) is 0 Å². The van der Waals surface area contributed by atoms with Crippen molar-refractivity contribution in [3.05, 3.63) is 0 Å². The number of aliphatic hydroxyl groups excluding tert-OH is 1. The van der Waals surface area contributed by atoms with Crippen LogP contribution in [0.2, 0.25) is 0 Å². The zero-order valence-electron chi connectivity index (χ0n) is 5.14. The second-order valence-electron chi connectivity index (χ2n) is 2.62. The highest BCUT2D eigenvalue weighted by molar-refractivity contribution is 5.85. The lowest BCUT2D eigenvalue weighted by molar-refractivity contribution is 0.00925. The van der Waals surface area contributed by atoms with Gasteiger partial charge in [0.05, 0.1) is 6.10 Å². The third kappa shape index (κ3) is 1.13. The highest BCUT2D eigenvalue weighted by atomic mass is 35.5. The van der Waals surface area contributed by atoms with Gasteiger partial charge in [-0.3, -0.25) is 0 Å². The average molecular weight is 138 g/mol. The molecule has 0 radical (unpaired) electrons. The molecule has 8 heavy (non-hydrogen) atoms. The van der Waals surface area contributed by atoms with Crippen molar-refractivity contribution >= 4 is 12.4 Å². The van der Waals surface area contributed by atoms with Crippen molar-refractivity contribution in [2.75, 3.05) is 6.54 Å². The Morgan fingerprint density at radius 2 is 2.00 bits per heavy atom. The van der Waals surface area contributed by atoms with Gasteiger partial charge < -0.3 is 10.4 Å². The van der Waals surface area contributed by atoms with Gasteiger partial charge in [-0.1, -0.05) is 0 Å². The monoisotopic (exact) mass is 137 g/mol. The van der Waals surface area contributed by atoms with E-state index < -0.39 is 0 Å². The van der Waals surface area contributed by atoms with Gasteiger partial charge in [-0.25, -0.2) is 0 Å². The number of β-amino-alcohol motifs (C(OH)–C–C–N with tert-alkyl or cyclic N) is 1. The Morgan fingerprint density at radius 3 is 2.00 bits per heavy atom. The Labute approximate surface area is 55.7 Å². The fourth-order valence-corrected chi connectivity index (χ4v) is 0.602. The van der Waals surface area contributed by atoms with Crippen LogP contribution in [0.1, 0.15) is 13.8 Å². The number of halogens is 1. The third-order valence-corrected chi connectivity index (χ3v) is 1.58. The largest absolute Gasteiger partial charge is 0.390 e. The molecule has 1 unspecified atom stereocenters. The Hall–Kier alpha value is 0.210. The van der Waals surface area contributed by atoms with Crippen molar-refractivity contribution in [2.24, 2.45) is 0 Å². The molecule has 1 rings (SSSR count). The van der Waals surface area contributed by atoms with Crippen LogP contribution in [0, 0.1) is 0 Å². The van der Waals surface area contributed by atoms with Crippen LogP contribution in [0.25, 0.3) is 0 Å². The molecule has 0 saturated carbocycles. The molecule has 1 fully saturated rings. The Kier molecular flexibility index (Phi) is 2.27. The Morgan fingerprint density at radius 1 is 1.62 bits per heavy atom. The van der Waals surface area contributed by atoms with Crippen molar-refractivity contribution < 1.29 is 5.11 Å². The van der Waals surface area contributed by atoms with Crippen molar-refractivity contribution in [1.82, 2.24) is 5.32 Å². The van der Waals surface area contributed by atoms with Crippen LogP contribution in [-0.4, -0.2) is 23.3 Å². The number of hydrogen-bond donors (Lipinski definition) is 2. The van der Waals surface area contributed by atoms with E-state index in [0.29, 0.717) is 0 Å². The predicted octanol–water partition coefficient (Wildman–Crippen LogP) is 0.151. The van der Waals surface area contributed by atoms with Crippen LogP contribution in [-0.2, 0) is 0 Å². The van der Waals surface area contributed by atoms with Crippen LogP contribution >= 0.6 is 12.4 Å². The summed E-state index contributed by atoms with van der Waals surface area (Å²) in [5.41, 5.74) is -0.0139. The van der Waals surface area contributed by atoms with E-state index in [4.69, 9.17) is 5.11 Å². The maximum absolute atomic E-state index is 8.91. The minimum atomic E-state index is -0.132. The molecule has 1 atom stereocenters. The summed E-state index contributed by atoms with van der Waals surface area (Å²) in [4.78, 5) is 0. The normalized spacial score (nSPS) is 32.6. The van der Waals surface area contributed by atoms with Gasteiger partial charge in [0.2, 0.25) is 0 Å². The average Bonchev–Trinajstić information content (AvgIpc) is 1.63. The number of aliphatic hydroxyl groups is 1. The fraction of sp³-hybridized carbons (Fsp3) is 1.00. The molecular formula is C5H12ClNO. The van der Waals surface area contributed by atoms with Crippen LogP contribution in [0.15, 0.2) is 0 Å². The zero-order valence-corrected chi connectivity index (χ0v) is 5.96. The molecule has 1 aliphatic rings. The molecule has 2 N–H and O–H groups in total. The Balaban J connectivity index is 0.000000490. The molecule has 1 aliphatic heterocycles. The van der Waals surface area contributed by atoms with E-state index in [1.807, 2.05) is 13.8 Å². The molecule has 0 bridgehead atoms. The van der Waals surface area contributed by atoms with Crippen molar-refractivity contribution in [3.8, 4) is 0 Å². The fourth-order valence-electron chi connectivity index (χ4n) is 0.602. The minimum Gasteiger partial charge on any atom is -0.390 e. The summed E-state index contributed by atoms with van der Waals surface area (Å²) in [6.45, 7) is 4.73. The van der Waals surface area contributed by atoms with E-state index in [9.17, 15) is 0 Å². The molecular weight excluding hydrogens is 126 g/mol. The lowest BCUT2D eigenvalue weighted by atomic mass is 9.89. The summed E-state index contributed by atoms with van der Waals surface area (Å²) in [5.74, 6) is 0. The molecule has 2 nitrogen and oxygen atoms in total. The molecule has 3 heteroatoms. The summed E-state index contributed by atoms with van der Waals surface area (Å²) in [6.07, 6.45) is -0.132. The van der Waals surface area contributed by atoms with Gasteiger partial charge >= 0.3 is 0 Å².